The molecular formula is C16H24BrNO2S. The van der Waals surface area contributed by atoms with Crippen LogP contribution in [0.2, 0.25) is 0 Å². The van der Waals surface area contributed by atoms with Crippen LogP contribution in [0, 0.1) is 18.8 Å². The molecule has 5 heteroatoms. The molecule has 0 bridgehead atoms. The number of nitrogens with one attached hydrogen (secondary N) is 1. The zero-order valence-electron chi connectivity index (χ0n) is 12.9. The maximum Gasteiger partial charge on any atom is 0.241 e. The summed E-state index contributed by atoms with van der Waals surface area (Å²) in [6, 6.07) is 5.44. The number of hydrogen-bond donors (Lipinski definition) is 1. The Labute approximate surface area is 136 Å². The van der Waals surface area contributed by atoms with Crippen LogP contribution in [0.4, 0.5) is 0 Å². The van der Waals surface area contributed by atoms with Gasteiger partial charge < -0.3 is 0 Å². The van der Waals surface area contributed by atoms with Crippen molar-refractivity contribution in [1.29, 1.82) is 0 Å². The van der Waals surface area contributed by atoms with Gasteiger partial charge in [-0.3, -0.25) is 0 Å². The molecule has 118 valence electrons. The van der Waals surface area contributed by atoms with E-state index in [-0.39, 0.29) is 6.04 Å². The minimum absolute atomic E-state index is 0.0575. The molecular weight excluding hydrogens is 350 g/mol. The van der Waals surface area contributed by atoms with Gasteiger partial charge in [-0.25, -0.2) is 13.1 Å². The average molecular weight is 374 g/mol. The zero-order valence-corrected chi connectivity index (χ0v) is 15.3. The van der Waals surface area contributed by atoms with Gasteiger partial charge in [0.1, 0.15) is 0 Å². The summed E-state index contributed by atoms with van der Waals surface area (Å²) in [5, 5.41) is 0. The van der Waals surface area contributed by atoms with E-state index in [1.165, 1.54) is 6.42 Å². The van der Waals surface area contributed by atoms with E-state index in [1.54, 1.807) is 6.07 Å². The third-order valence-corrected chi connectivity index (χ3v) is 6.55. The van der Waals surface area contributed by atoms with Crippen molar-refractivity contribution in [2.24, 2.45) is 11.8 Å². The van der Waals surface area contributed by atoms with E-state index in [2.05, 4.69) is 34.5 Å². The molecule has 2 rings (SSSR count). The summed E-state index contributed by atoms with van der Waals surface area (Å²) in [5.74, 6) is 0.933. The van der Waals surface area contributed by atoms with E-state index >= 15 is 0 Å². The minimum atomic E-state index is -3.46. The molecule has 1 fully saturated rings. The van der Waals surface area contributed by atoms with E-state index in [0.717, 1.165) is 29.3 Å². The molecule has 3 nitrogen and oxygen atoms in total. The molecule has 0 amide bonds. The maximum absolute atomic E-state index is 12.7. The van der Waals surface area contributed by atoms with Crippen molar-refractivity contribution in [1.82, 2.24) is 4.72 Å². The molecule has 1 N–H and O–H groups in total. The minimum Gasteiger partial charge on any atom is -0.208 e. The summed E-state index contributed by atoms with van der Waals surface area (Å²) in [6.45, 7) is 6.20. The van der Waals surface area contributed by atoms with Crippen LogP contribution in [0.5, 0.6) is 0 Å². The standard InChI is InChI=1S/C16H24BrNO2S/c1-11(2)14-6-4-5-7-15(14)18-21(19,20)16-10-13(17)9-8-12(16)3/h8-11,14-15,18H,4-7H2,1-3H3. The molecule has 2 unspecified atom stereocenters. The van der Waals surface area contributed by atoms with Crippen molar-refractivity contribution < 1.29 is 8.42 Å². The second-order valence-electron chi connectivity index (χ2n) is 6.33. The summed E-state index contributed by atoms with van der Waals surface area (Å²) < 4.78 is 29.2. The first-order chi connectivity index (χ1) is 9.81. The van der Waals surface area contributed by atoms with Gasteiger partial charge in [0.25, 0.3) is 0 Å². The Morgan fingerprint density at radius 2 is 1.90 bits per heavy atom. The molecule has 0 saturated heterocycles. The lowest BCUT2D eigenvalue weighted by atomic mass is 9.78. The van der Waals surface area contributed by atoms with Gasteiger partial charge in [-0.1, -0.05) is 48.7 Å². The number of sulfonamides is 1. The molecule has 1 saturated carbocycles. The van der Waals surface area contributed by atoms with Crippen LogP contribution in [-0.4, -0.2) is 14.5 Å². The number of hydrogen-bond acceptors (Lipinski definition) is 2. The monoisotopic (exact) mass is 373 g/mol. The Kier molecular flexibility index (Phi) is 5.49. The summed E-state index contributed by atoms with van der Waals surface area (Å²) in [7, 11) is -3.46. The third kappa shape index (κ3) is 4.08. The van der Waals surface area contributed by atoms with E-state index in [9.17, 15) is 8.42 Å². The van der Waals surface area contributed by atoms with Crippen LogP contribution in [0.25, 0.3) is 0 Å². The van der Waals surface area contributed by atoms with Gasteiger partial charge in [-0.05, 0) is 49.3 Å². The highest BCUT2D eigenvalue weighted by Crippen LogP contribution is 2.31. The predicted molar refractivity (Wildman–Crippen MR) is 89.8 cm³/mol. The van der Waals surface area contributed by atoms with E-state index < -0.39 is 10.0 Å². The highest BCUT2D eigenvalue weighted by Gasteiger charge is 2.31. The van der Waals surface area contributed by atoms with Crippen molar-refractivity contribution in [3.8, 4) is 0 Å². The first-order valence-electron chi connectivity index (χ1n) is 7.60. The predicted octanol–water partition coefficient (Wildman–Crippen LogP) is 4.25. The van der Waals surface area contributed by atoms with Gasteiger partial charge >= 0.3 is 0 Å². The fourth-order valence-corrected chi connectivity index (χ4v) is 5.33. The molecule has 1 aliphatic rings. The van der Waals surface area contributed by atoms with Crippen molar-refractivity contribution in [3.63, 3.8) is 0 Å². The Balaban J connectivity index is 2.25. The normalized spacial score (nSPS) is 23.5. The van der Waals surface area contributed by atoms with Crippen LogP contribution in [-0.2, 0) is 10.0 Å². The van der Waals surface area contributed by atoms with Crippen LogP contribution in [0.15, 0.2) is 27.6 Å². The summed E-state index contributed by atoms with van der Waals surface area (Å²) in [4.78, 5) is 0.380. The first kappa shape index (κ1) is 17.0. The zero-order chi connectivity index (χ0) is 15.6. The molecule has 1 aromatic rings. The smallest absolute Gasteiger partial charge is 0.208 e. The van der Waals surface area contributed by atoms with Gasteiger partial charge in [0.05, 0.1) is 4.90 Å². The molecule has 0 aliphatic heterocycles. The van der Waals surface area contributed by atoms with E-state index in [4.69, 9.17) is 0 Å². The molecule has 21 heavy (non-hydrogen) atoms. The molecule has 1 aliphatic carbocycles. The quantitative estimate of drug-likeness (QED) is 0.856. The lowest BCUT2D eigenvalue weighted by Gasteiger charge is -2.34. The van der Waals surface area contributed by atoms with Crippen LogP contribution in [0.3, 0.4) is 0 Å². The van der Waals surface area contributed by atoms with Gasteiger partial charge in [-0.2, -0.15) is 0 Å². The van der Waals surface area contributed by atoms with Gasteiger partial charge in [0.2, 0.25) is 10.0 Å². The van der Waals surface area contributed by atoms with Crippen LogP contribution in [0.1, 0.15) is 45.1 Å². The lowest BCUT2D eigenvalue weighted by Crippen LogP contribution is -2.44. The number of rotatable bonds is 4. The second-order valence-corrected chi connectivity index (χ2v) is 8.93. The third-order valence-electron chi connectivity index (χ3n) is 4.42. The maximum atomic E-state index is 12.7. The second kappa shape index (κ2) is 6.80. The Hall–Kier alpha value is -0.390. The van der Waals surface area contributed by atoms with Crippen LogP contribution >= 0.6 is 15.9 Å². The molecule has 0 radical (unpaired) electrons. The summed E-state index contributed by atoms with van der Waals surface area (Å²) in [6.07, 6.45) is 4.36. The topological polar surface area (TPSA) is 46.2 Å². The van der Waals surface area contributed by atoms with Gasteiger partial charge in [0, 0.05) is 10.5 Å². The number of aryl methyl sites for hydroxylation is 1. The Bertz CT molecular complexity index is 598. The largest absolute Gasteiger partial charge is 0.241 e. The Morgan fingerprint density at radius 1 is 1.24 bits per heavy atom. The highest BCUT2D eigenvalue weighted by atomic mass is 79.9. The fraction of sp³-hybridized carbons (Fsp3) is 0.625. The van der Waals surface area contributed by atoms with Gasteiger partial charge in [0.15, 0.2) is 0 Å². The van der Waals surface area contributed by atoms with Crippen molar-refractivity contribution >= 4 is 26.0 Å². The van der Waals surface area contributed by atoms with Crippen molar-refractivity contribution in [3.05, 3.63) is 28.2 Å². The van der Waals surface area contributed by atoms with Crippen LogP contribution < -0.4 is 4.72 Å². The molecule has 2 atom stereocenters. The summed E-state index contributed by atoms with van der Waals surface area (Å²) in [5.41, 5.74) is 0.780. The van der Waals surface area contributed by atoms with Crippen molar-refractivity contribution in [2.75, 3.05) is 0 Å². The molecule has 0 aromatic heterocycles. The number of halogens is 1. The highest BCUT2D eigenvalue weighted by molar-refractivity contribution is 9.10. The first-order valence-corrected chi connectivity index (χ1v) is 9.87. The number of benzene rings is 1. The lowest BCUT2D eigenvalue weighted by molar-refractivity contribution is 0.226. The molecule has 1 aromatic carbocycles. The fourth-order valence-electron chi connectivity index (χ4n) is 3.23. The van der Waals surface area contributed by atoms with Crippen molar-refractivity contribution in [2.45, 2.75) is 57.4 Å². The average Bonchev–Trinajstić information content (AvgIpc) is 2.41. The summed E-state index contributed by atoms with van der Waals surface area (Å²) >= 11 is 3.36. The van der Waals surface area contributed by atoms with Gasteiger partial charge in [-0.15, -0.1) is 0 Å². The van der Waals surface area contributed by atoms with E-state index in [0.29, 0.717) is 16.7 Å². The Morgan fingerprint density at radius 3 is 2.57 bits per heavy atom. The molecule has 0 spiro atoms. The SMILES string of the molecule is Cc1ccc(Br)cc1S(=O)(=O)NC1CCCCC1C(C)C. The van der Waals surface area contributed by atoms with E-state index in [1.807, 2.05) is 19.1 Å². The molecule has 0 heterocycles.